The highest BCUT2D eigenvalue weighted by molar-refractivity contribution is 5.24. The first kappa shape index (κ1) is 11.2. The molecule has 2 heterocycles. The zero-order chi connectivity index (χ0) is 12.1. The number of nitrogens with zero attached hydrogens (tertiary/aromatic N) is 5. The van der Waals surface area contributed by atoms with Crippen molar-refractivity contribution in [3.63, 3.8) is 0 Å². The van der Waals surface area contributed by atoms with Gasteiger partial charge in [-0.05, 0) is 18.2 Å². The van der Waals surface area contributed by atoms with Gasteiger partial charge >= 0.3 is 0 Å². The van der Waals surface area contributed by atoms with Crippen molar-refractivity contribution in [2.45, 2.75) is 13.5 Å². The van der Waals surface area contributed by atoms with Crippen LogP contribution in [-0.4, -0.2) is 26.3 Å². The Kier molecular flexibility index (Phi) is 3.43. The van der Waals surface area contributed by atoms with E-state index in [4.69, 9.17) is 5.26 Å². The third-order valence-electron chi connectivity index (χ3n) is 2.21. The smallest absolute Gasteiger partial charge is 0.252 e. The number of pyridine rings is 1. The number of nitriles is 1. The van der Waals surface area contributed by atoms with Gasteiger partial charge in [0.05, 0.1) is 0 Å². The molecule has 0 aliphatic rings. The van der Waals surface area contributed by atoms with Crippen molar-refractivity contribution < 1.29 is 0 Å². The fourth-order valence-electron chi connectivity index (χ4n) is 1.35. The van der Waals surface area contributed by atoms with Gasteiger partial charge < -0.3 is 5.32 Å². The van der Waals surface area contributed by atoms with Crippen LogP contribution in [0.5, 0.6) is 0 Å². The molecule has 0 aliphatic heterocycles. The summed E-state index contributed by atoms with van der Waals surface area (Å²) in [5, 5.41) is 15.8. The first-order valence-corrected chi connectivity index (χ1v) is 5.31. The van der Waals surface area contributed by atoms with Crippen LogP contribution in [0.2, 0.25) is 0 Å². The molecular weight excluding hydrogens is 216 g/mol. The molecule has 0 bridgehead atoms. The molecule has 0 amide bonds. The molecule has 17 heavy (non-hydrogen) atoms. The van der Waals surface area contributed by atoms with Crippen LogP contribution in [0.15, 0.2) is 24.7 Å². The maximum absolute atomic E-state index is 8.62. The molecule has 86 valence electrons. The molecule has 0 radical (unpaired) electrons. The lowest BCUT2D eigenvalue weighted by Gasteiger charge is -2.03. The second-order valence-electron chi connectivity index (χ2n) is 3.43. The highest BCUT2D eigenvalue weighted by Gasteiger charge is 2.02. The zero-order valence-electron chi connectivity index (χ0n) is 9.46. The molecule has 0 aliphatic carbocycles. The van der Waals surface area contributed by atoms with E-state index < -0.39 is 0 Å². The van der Waals surface area contributed by atoms with Crippen LogP contribution in [0.1, 0.15) is 18.3 Å². The molecule has 2 rings (SSSR count). The molecular formula is C11H12N6. The van der Waals surface area contributed by atoms with E-state index >= 15 is 0 Å². The quantitative estimate of drug-likeness (QED) is 0.830. The third kappa shape index (κ3) is 2.65. The Balaban J connectivity index is 2.15. The summed E-state index contributed by atoms with van der Waals surface area (Å²) in [7, 11) is 0. The lowest BCUT2D eigenvalue weighted by atomic mass is 10.3. The van der Waals surface area contributed by atoms with Crippen molar-refractivity contribution in [1.29, 1.82) is 5.26 Å². The molecule has 1 N–H and O–H groups in total. The van der Waals surface area contributed by atoms with Crippen molar-refractivity contribution in [2.75, 3.05) is 6.54 Å². The maximum Gasteiger partial charge on any atom is 0.252 e. The molecule has 2 aromatic heterocycles. The molecule has 6 heteroatoms. The van der Waals surface area contributed by atoms with Crippen LogP contribution in [-0.2, 0) is 6.54 Å². The molecule has 2 aromatic rings. The van der Waals surface area contributed by atoms with E-state index in [2.05, 4.69) is 27.3 Å². The lowest BCUT2D eigenvalue weighted by molar-refractivity contribution is 0.722. The van der Waals surface area contributed by atoms with Crippen LogP contribution < -0.4 is 5.32 Å². The molecule has 0 unspecified atom stereocenters. The number of rotatable bonds is 4. The van der Waals surface area contributed by atoms with E-state index in [9.17, 15) is 0 Å². The van der Waals surface area contributed by atoms with E-state index in [1.54, 1.807) is 6.20 Å². The minimum Gasteiger partial charge on any atom is -0.313 e. The first-order chi connectivity index (χ1) is 8.33. The number of aromatic nitrogens is 4. The third-order valence-corrected chi connectivity index (χ3v) is 2.21. The van der Waals surface area contributed by atoms with Gasteiger partial charge in [0.25, 0.3) is 5.82 Å². The number of hydrogen-bond donors (Lipinski definition) is 1. The average Bonchev–Trinajstić information content (AvgIpc) is 2.86. The summed E-state index contributed by atoms with van der Waals surface area (Å²) >= 11 is 0. The number of hydrogen-bond acceptors (Lipinski definition) is 5. The SMILES string of the molecule is CCNCc1ccc(-n2cnc(C#N)n2)nc1. The second-order valence-corrected chi connectivity index (χ2v) is 3.43. The van der Waals surface area contributed by atoms with Crippen LogP contribution in [0, 0.1) is 11.3 Å². The minimum absolute atomic E-state index is 0.142. The molecule has 0 aromatic carbocycles. The van der Waals surface area contributed by atoms with Crippen molar-refractivity contribution in [3.8, 4) is 11.9 Å². The van der Waals surface area contributed by atoms with Gasteiger partial charge in [-0.15, -0.1) is 5.10 Å². The largest absolute Gasteiger partial charge is 0.313 e. The topological polar surface area (TPSA) is 79.4 Å². The lowest BCUT2D eigenvalue weighted by Crippen LogP contribution is -2.12. The summed E-state index contributed by atoms with van der Waals surface area (Å²) < 4.78 is 1.48. The highest BCUT2D eigenvalue weighted by atomic mass is 15.4. The Morgan fingerprint density at radius 3 is 2.88 bits per heavy atom. The Hall–Kier alpha value is -2.26. The Labute approximate surface area is 98.9 Å². The molecule has 0 saturated carbocycles. The van der Waals surface area contributed by atoms with Crippen molar-refractivity contribution >= 4 is 0 Å². The van der Waals surface area contributed by atoms with E-state index in [1.807, 2.05) is 18.2 Å². The Morgan fingerprint density at radius 2 is 2.29 bits per heavy atom. The van der Waals surface area contributed by atoms with Crippen molar-refractivity contribution in [2.24, 2.45) is 0 Å². The number of nitrogens with one attached hydrogen (secondary N) is 1. The van der Waals surface area contributed by atoms with Crippen LogP contribution in [0.3, 0.4) is 0 Å². The second kappa shape index (κ2) is 5.18. The average molecular weight is 228 g/mol. The van der Waals surface area contributed by atoms with E-state index in [-0.39, 0.29) is 5.82 Å². The van der Waals surface area contributed by atoms with E-state index in [1.165, 1.54) is 11.0 Å². The predicted molar refractivity (Wildman–Crippen MR) is 61.2 cm³/mol. The van der Waals surface area contributed by atoms with E-state index in [0.717, 1.165) is 18.7 Å². The summed E-state index contributed by atoms with van der Waals surface area (Å²) in [5.74, 6) is 0.794. The predicted octanol–water partition coefficient (Wildman–Crippen LogP) is 0.643. The van der Waals surface area contributed by atoms with Gasteiger partial charge in [-0.3, -0.25) is 0 Å². The monoisotopic (exact) mass is 228 g/mol. The minimum atomic E-state index is 0.142. The summed E-state index contributed by atoms with van der Waals surface area (Å²) in [5.41, 5.74) is 1.11. The molecule has 0 fully saturated rings. The van der Waals surface area contributed by atoms with E-state index in [0.29, 0.717) is 5.82 Å². The molecule has 0 spiro atoms. The van der Waals surface area contributed by atoms with Gasteiger partial charge in [-0.1, -0.05) is 13.0 Å². The highest BCUT2D eigenvalue weighted by Crippen LogP contribution is 2.04. The van der Waals surface area contributed by atoms with Gasteiger partial charge in [-0.2, -0.15) is 5.26 Å². The summed E-state index contributed by atoms with van der Waals surface area (Å²) in [6, 6.07) is 5.70. The van der Waals surface area contributed by atoms with Gasteiger partial charge in [0.15, 0.2) is 5.82 Å². The zero-order valence-corrected chi connectivity index (χ0v) is 9.46. The Morgan fingerprint density at radius 1 is 1.41 bits per heavy atom. The standard InChI is InChI=1S/C11H12N6/c1-2-13-6-9-3-4-11(14-7-9)17-8-15-10(5-12)16-17/h3-4,7-8,13H,2,6H2,1H3. The van der Waals surface area contributed by atoms with Gasteiger partial charge in [0.2, 0.25) is 0 Å². The summed E-state index contributed by atoms with van der Waals surface area (Å²) in [6.45, 7) is 3.78. The fourth-order valence-corrected chi connectivity index (χ4v) is 1.35. The normalized spacial score (nSPS) is 10.1. The summed E-state index contributed by atoms with van der Waals surface area (Å²) in [6.07, 6.45) is 3.26. The molecule has 0 saturated heterocycles. The van der Waals surface area contributed by atoms with Crippen LogP contribution in [0.4, 0.5) is 0 Å². The van der Waals surface area contributed by atoms with Gasteiger partial charge in [-0.25, -0.2) is 14.6 Å². The van der Waals surface area contributed by atoms with Gasteiger partial charge in [0, 0.05) is 12.7 Å². The maximum atomic E-state index is 8.62. The van der Waals surface area contributed by atoms with Crippen molar-refractivity contribution in [3.05, 3.63) is 36.0 Å². The Bertz CT molecular complexity index is 522. The molecule has 0 atom stereocenters. The first-order valence-electron chi connectivity index (χ1n) is 5.31. The van der Waals surface area contributed by atoms with Crippen LogP contribution in [0.25, 0.3) is 5.82 Å². The van der Waals surface area contributed by atoms with Crippen LogP contribution >= 0.6 is 0 Å². The van der Waals surface area contributed by atoms with Gasteiger partial charge in [0.1, 0.15) is 12.4 Å². The van der Waals surface area contributed by atoms with Crippen molar-refractivity contribution in [1.82, 2.24) is 25.1 Å². The summed E-state index contributed by atoms with van der Waals surface area (Å²) in [4.78, 5) is 8.08. The fraction of sp³-hybridized carbons (Fsp3) is 0.273. The molecule has 6 nitrogen and oxygen atoms in total.